The first-order chi connectivity index (χ1) is 12.4. The first-order valence-electron chi connectivity index (χ1n) is 9.24. The Bertz CT molecular complexity index is 850. The molecule has 0 aliphatic carbocycles. The Hall–Kier alpha value is -2.20. The average molecular weight is 352 g/mol. The maximum atomic E-state index is 13.7. The maximum absolute atomic E-state index is 13.7. The molecule has 26 heavy (non-hydrogen) atoms. The smallest absolute Gasteiger partial charge is 0.213 e. The van der Waals surface area contributed by atoms with Crippen LogP contribution < -0.4 is 5.32 Å². The molecule has 2 saturated heterocycles. The molecular formula is C22H25FN2O. The number of fused-ring (bicyclic) bond motifs is 2. The second-order valence-electron chi connectivity index (χ2n) is 7.76. The number of ether oxygens (including phenoxy) is 1. The summed E-state index contributed by atoms with van der Waals surface area (Å²) in [6.45, 7) is 10.8. The van der Waals surface area contributed by atoms with Crippen LogP contribution in [0.5, 0.6) is 0 Å². The molecule has 3 nitrogen and oxygen atoms in total. The Morgan fingerprint density at radius 3 is 2.77 bits per heavy atom. The van der Waals surface area contributed by atoms with Gasteiger partial charge in [0.2, 0.25) is 5.95 Å². The molecule has 1 aromatic carbocycles. The Kier molecular flexibility index (Phi) is 4.31. The summed E-state index contributed by atoms with van der Waals surface area (Å²) < 4.78 is 20.0. The Labute approximate surface area is 154 Å². The third-order valence-corrected chi connectivity index (χ3v) is 5.99. The monoisotopic (exact) mass is 352 g/mol. The molecule has 136 valence electrons. The molecule has 0 saturated carbocycles. The lowest BCUT2D eigenvalue weighted by Gasteiger charge is -2.33. The van der Waals surface area contributed by atoms with Gasteiger partial charge in [-0.1, -0.05) is 19.6 Å². The summed E-state index contributed by atoms with van der Waals surface area (Å²) in [4.78, 5) is 3.70. The Balaban J connectivity index is 1.63. The van der Waals surface area contributed by atoms with Gasteiger partial charge in [-0.25, -0.2) is 4.98 Å². The molecule has 2 bridgehead atoms. The van der Waals surface area contributed by atoms with Crippen LogP contribution in [0.1, 0.15) is 36.0 Å². The highest BCUT2D eigenvalue weighted by molar-refractivity contribution is 5.52. The summed E-state index contributed by atoms with van der Waals surface area (Å²) in [7, 11) is 0. The van der Waals surface area contributed by atoms with Crippen molar-refractivity contribution in [3.8, 4) is 0 Å². The van der Waals surface area contributed by atoms with E-state index in [2.05, 4.69) is 55.9 Å². The number of halogens is 1. The number of nitrogens with one attached hydrogen (secondary N) is 1. The molecule has 4 rings (SSSR count). The number of anilines is 1. The van der Waals surface area contributed by atoms with Crippen LogP contribution in [0.2, 0.25) is 0 Å². The van der Waals surface area contributed by atoms with Gasteiger partial charge in [0, 0.05) is 29.4 Å². The van der Waals surface area contributed by atoms with Crippen molar-refractivity contribution in [2.45, 2.75) is 45.3 Å². The second kappa shape index (κ2) is 6.51. The van der Waals surface area contributed by atoms with Crippen LogP contribution in [-0.4, -0.2) is 17.2 Å². The largest absolute Gasteiger partial charge is 0.373 e. The van der Waals surface area contributed by atoms with E-state index >= 15 is 0 Å². The third kappa shape index (κ3) is 2.92. The molecule has 5 unspecified atom stereocenters. The van der Waals surface area contributed by atoms with Crippen LogP contribution in [0.4, 0.5) is 10.1 Å². The van der Waals surface area contributed by atoms with Crippen molar-refractivity contribution in [2.24, 2.45) is 11.8 Å². The lowest BCUT2D eigenvalue weighted by molar-refractivity contribution is 0.0833. The minimum Gasteiger partial charge on any atom is -0.373 e. The standard InChI is InChI=1S/C22H25FN2O/c1-12-5-6-17(9-13(12)2)25-15(4)20-21(16-7-8-24-19(23)11-16)18-10-14(3)22(20)26-18/h5-9,11,14,18,20-22,25H,4,10H2,1-3H3. The summed E-state index contributed by atoms with van der Waals surface area (Å²) in [6, 6.07) is 9.76. The van der Waals surface area contributed by atoms with Crippen molar-refractivity contribution in [3.63, 3.8) is 0 Å². The van der Waals surface area contributed by atoms with Gasteiger partial charge >= 0.3 is 0 Å². The molecule has 5 atom stereocenters. The third-order valence-electron chi connectivity index (χ3n) is 5.99. The summed E-state index contributed by atoms with van der Waals surface area (Å²) in [5, 5.41) is 3.49. The number of pyridine rings is 1. The zero-order chi connectivity index (χ0) is 18.4. The highest BCUT2D eigenvalue weighted by Gasteiger charge is 2.54. The zero-order valence-corrected chi connectivity index (χ0v) is 15.5. The molecule has 2 aromatic rings. The molecule has 3 heterocycles. The number of benzene rings is 1. The lowest BCUT2D eigenvalue weighted by Crippen LogP contribution is -2.33. The lowest BCUT2D eigenvalue weighted by atomic mass is 9.70. The van der Waals surface area contributed by atoms with Crippen LogP contribution in [0.3, 0.4) is 0 Å². The number of nitrogens with zero attached hydrogens (tertiary/aromatic N) is 1. The van der Waals surface area contributed by atoms with Crippen LogP contribution >= 0.6 is 0 Å². The van der Waals surface area contributed by atoms with Gasteiger partial charge in [0.1, 0.15) is 0 Å². The maximum Gasteiger partial charge on any atom is 0.213 e. The van der Waals surface area contributed by atoms with Gasteiger partial charge in [0.15, 0.2) is 0 Å². The molecule has 2 aliphatic rings. The molecule has 0 spiro atoms. The molecule has 1 aromatic heterocycles. The Morgan fingerprint density at radius 1 is 1.23 bits per heavy atom. The van der Waals surface area contributed by atoms with Crippen LogP contribution in [-0.2, 0) is 4.74 Å². The Morgan fingerprint density at radius 2 is 2.04 bits per heavy atom. The van der Waals surface area contributed by atoms with Gasteiger partial charge in [0.05, 0.1) is 12.2 Å². The average Bonchev–Trinajstić information content (AvgIpc) is 3.15. The van der Waals surface area contributed by atoms with E-state index in [4.69, 9.17) is 4.74 Å². The molecule has 0 radical (unpaired) electrons. The number of aromatic nitrogens is 1. The summed E-state index contributed by atoms with van der Waals surface area (Å²) >= 11 is 0. The van der Waals surface area contributed by atoms with Crippen LogP contribution in [0.15, 0.2) is 48.8 Å². The fraction of sp³-hybridized carbons (Fsp3) is 0.409. The first kappa shape index (κ1) is 17.2. The van der Waals surface area contributed by atoms with Gasteiger partial charge in [-0.3, -0.25) is 0 Å². The van der Waals surface area contributed by atoms with E-state index < -0.39 is 5.95 Å². The molecule has 0 amide bonds. The number of hydrogen-bond acceptors (Lipinski definition) is 3. The van der Waals surface area contributed by atoms with Gasteiger partial charge < -0.3 is 10.1 Å². The van der Waals surface area contributed by atoms with Gasteiger partial charge in [-0.2, -0.15) is 4.39 Å². The summed E-state index contributed by atoms with van der Waals surface area (Å²) in [5.74, 6) is 0.267. The molecule has 1 N–H and O–H groups in total. The second-order valence-corrected chi connectivity index (χ2v) is 7.76. The van der Waals surface area contributed by atoms with E-state index in [-0.39, 0.29) is 24.0 Å². The molecule has 2 fully saturated rings. The molecule has 2 aliphatic heterocycles. The summed E-state index contributed by atoms with van der Waals surface area (Å²) in [6.07, 6.45) is 2.77. The minimum absolute atomic E-state index is 0.111. The van der Waals surface area contributed by atoms with Crippen molar-refractivity contribution >= 4 is 5.69 Å². The normalized spacial score (nSPS) is 29.8. The van der Waals surface area contributed by atoms with Crippen molar-refractivity contribution in [3.05, 3.63) is 71.4 Å². The quantitative estimate of drug-likeness (QED) is 0.789. The topological polar surface area (TPSA) is 34.1 Å². The minimum atomic E-state index is -0.440. The summed E-state index contributed by atoms with van der Waals surface area (Å²) in [5.41, 5.74) is 5.43. The van der Waals surface area contributed by atoms with E-state index in [1.54, 1.807) is 0 Å². The van der Waals surface area contributed by atoms with E-state index in [0.29, 0.717) is 5.92 Å². The predicted octanol–water partition coefficient (Wildman–Crippen LogP) is 4.97. The fourth-order valence-electron chi connectivity index (χ4n) is 4.55. The fourth-order valence-corrected chi connectivity index (χ4v) is 4.55. The van der Waals surface area contributed by atoms with Crippen molar-refractivity contribution in [2.75, 3.05) is 5.32 Å². The SMILES string of the molecule is C=C(Nc1ccc(C)c(C)c1)C1C2OC(CC2C)C1c1ccnc(F)c1. The van der Waals surface area contributed by atoms with E-state index in [1.165, 1.54) is 23.4 Å². The van der Waals surface area contributed by atoms with E-state index in [9.17, 15) is 4.39 Å². The first-order valence-corrected chi connectivity index (χ1v) is 9.24. The van der Waals surface area contributed by atoms with Gasteiger partial charge in [0.25, 0.3) is 0 Å². The number of aryl methyl sites for hydroxylation is 2. The van der Waals surface area contributed by atoms with Gasteiger partial charge in [-0.15, -0.1) is 0 Å². The van der Waals surface area contributed by atoms with E-state index in [1.807, 2.05) is 6.07 Å². The van der Waals surface area contributed by atoms with Crippen molar-refractivity contribution in [1.82, 2.24) is 4.98 Å². The molecular weight excluding hydrogens is 327 g/mol. The molecule has 4 heteroatoms. The van der Waals surface area contributed by atoms with Gasteiger partial charge in [-0.05, 0) is 67.1 Å². The van der Waals surface area contributed by atoms with Crippen molar-refractivity contribution in [1.29, 1.82) is 0 Å². The number of hydrogen-bond donors (Lipinski definition) is 1. The highest BCUT2D eigenvalue weighted by Crippen LogP contribution is 2.53. The van der Waals surface area contributed by atoms with Crippen LogP contribution in [0, 0.1) is 31.6 Å². The van der Waals surface area contributed by atoms with E-state index in [0.717, 1.165) is 23.4 Å². The highest BCUT2D eigenvalue weighted by atomic mass is 19.1. The predicted molar refractivity (Wildman–Crippen MR) is 102 cm³/mol. The zero-order valence-electron chi connectivity index (χ0n) is 15.5. The van der Waals surface area contributed by atoms with Crippen LogP contribution in [0.25, 0.3) is 0 Å². The number of rotatable bonds is 4. The van der Waals surface area contributed by atoms with Crippen molar-refractivity contribution < 1.29 is 9.13 Å².